The lowest BCUT2D eigenvalue weighted by atomic mass is 10.4. The van der Waals surface area contributed by atoms with Crippen LogP contribution in [0, 0.1) is 3.14 Å². The highest BCUT2D eigenvalue weighted by molar-refractivity contribution is 8.03. The standard InChI is InChI=1S/C5H2OS4/c6-2-1-8-4-3(2)9-5(7)10-4/h1H2. The summed E-state index contributed by atoms with van der Waals surface area (Å²) < 4.78 is 1.99. The van der Waals surface area contributed by atoms with Crippen LogP contribution in [0.1, 0.15) is 9.67 Å². The second kappa shape index (κ2) is 2.41. The lowest BCUT2D eigenvalue weighted by Crippen LogP contribution is -1.90. The molecule has 0 fully saturated rings. The summed E-state index contributed by atoms with van der Waals surface area (Å²) in [4.78, 5) is 11.9. The Morgan fingerprint density at radius 2 is 2.20 bits per heavy atom. The van der Waals surface area contributed by atoms with Crippen LogP contribution in [0.4, 0.5) is 0 Å². The smallest absolute Gasteiger partial charge is 0.185 e. The monoisotopic (exact) mass is 206 g/mol. The van der Waals surface area contributed by atoms with Crippen molar-refractivity contribution < 1.29 is 4.79 Å². The van der Waals surface area contributed by atoms with E-state index < -0.39 is 0 Å². The molecule has 0 amide bonds. The molecule has 1 aromatic heterocycles. The number of hydrogen-bond acceptors (Lipinski definition) is 5. The van der Waals surface area contributed by atoms with Crippen molar-refractivity contribution >= 4 is 52.4 Å². The third kappa shape index (κ3) is 0.972. The Morgan fingerprint density at radius 1 is 1.40 bits per heavy atom. The molecule has 2 heterocycles. The summed E-state index contributed by atoms with van der Waals surface area (Å²) in [6, 6.07) is 0. The van der Waals surface area contributed by atoms with E-state index in [1.165, 1.54) is 11.3 Å². The highest BCUT2D eigenvalue weighted by Crippen LogP contribution is 2.39. The summed E-state index contributed by atoms with van der Waals surface area (Å²) in [7, 11) is 0. The minimum absolute atomic E-state index is 0.248. The average Bonchev–Trinajstić information content (AvgIpc) is 2.35. The van der Waals surface area contributed by atoms with E-state index in [1.807, 2.05) is 0 Å². The number of thioether (sulfide) groups is 1. The Balaban J connectivity index is 2.69. The van der Waals surface area contributed by atoms with Crippen LogP contribution in [-0.2, 0) is 0 Å². The van der Waals surface area contributed by atoms with Gasteiger partial charge in [-0.05, 0) is 0 Å². The molecule has 2 rings (SSSR count). The van der Waals surface area contributed by atoms with Crippen LogP contribution in [0.2, 0.25) is 0 Å². The lowest BCUT2D eigenvalue weighted by Gasteiger charge is -1.76. The Kier molecular flexibility index (Phi) is 1.68. The zero-order valence-electron chi connectivity index (χ0n) is 4.75. The molecular formula is C5H2OS4. The van der Waals surface area contributed by atoms with Gasteiger partial charge in [0.1, 0.15) is 3.14 Å². The number of fused-ring (bicyclic) bond motifs is 1. The summed E-state index contributed by atoms with van der Waals surface area (Å²) in [5.74, 6) is 0.866. The predicted octanol–water partition coefficient (Wildman–Crippen LogP) is 2.83. The van der Waals surface area contributed by atoms with Crippen LogP contribution in [0.25, 0.3) is 0 Å². The molecule has 0 aliphatic carbocycles. The van der Waals surface area contributed by atoms with Crippen LogP contribution in [0.5, 0.6) is 0 Å². The number of carbonyl (C=O) groups excluding carboxylic acids is 1. The molecule has 52 valence electrons. The molecule has 10 heavy (non-hydrogen) atoms. The summed E-state index contributed by atoms with van der Waals surface area (Å²) >= 11 is 9.56. The van der Waals surface area contributed by atoms with E-state index in [-0.39, 0.29) is 5.78 Å². The van der Waals surface area contributed by atoms with Crippen molar-refractivity contribution in [3.63, 3.8) is 0 Å². The molecule has 1 nitrogen and oxygen atoms in total. The Morgan fingerprint density at radius 3 is 2.90 bits per heavy atom. The van der Waals surface area contributed by atoms with Crippen molar-refractivity contribution in [2.75, 3.05) is 5.75 Å². The maximum Gasteiger partial charge on any atom is 0.185 e. The van der Waals surface area contributed by atoms with Crippen LogP contribution in [-0.4, -0.2) is 11.5 Å². The van der Waals surface area contributed by atoms with Crippen molar-refractivity contribution in [1.82, 2.24) is 0 Å². The van der Waals surface area contributed by atoms with E-state index in [1.54, 1.807) is 23.1 Å². The summed E-state index contributed by atoms with van der Waals surface area (Å²) in [5.41, 5.74) is 0. The van der Waals surface area contributed by atoms with Gasteiger partial charge in [-0.15, -0.1) is 34.4 Å². The highest BCUT2D eigenvalue weighted by atomic mass is 32.2. The minimum Gasteiger partial charge on any atom is -0.292 e. The maximum absolute atomic E-state index is 11.0. The first-order chi connectivity index (χ1) is 4.77. The van der Waals surface area contributed by atoms with Crippen molar-refractivity contribution in [2.24, 2.45) is 0 Å². The van der Waals surface area contributed by atoms with Gasteiger partial charge >= 0.3 is 0 Å². The van der Waals surface area contributed by atoms with Gasteiger partial charge in [-0.1, -0.05) is 12.2 Å². The van der Waals surface area contributed by atoms with Gasteiger partial charge < -0.3 is 0 Å². The summed E-state index contributed by atoms with van der Waals surface area (Å²) in [6.45, 7) is 0. The van der Waals surface area contributed by atoms with Gasteiger partial charge in [0, 0.05) is 0 Å². The second-order valence-corrected chi connectivity index (χ2v) is 6.25. The fraction of sp³-hybridized carbons (Fsp3) is 0.200. The topological polar surface area (TPSA) is 17.1 Å². The third-order valence-electron chi connectivity index (χ3n) is 1.13. The van der Waals surface area contributed by atoms with Gasteiger partial charge in [0.2, 0.25) is 0 Å². The molecule has 1 aromatic rings. The Bertz CT molecular complexity index is 334. The van der Waals surface area contributed by atoms with Gasteiger partial charge in [0.15, 0.2) is 5.78 Å². The fourth-order valence-corrected chi connectivity index (χ4v) is 4.96. The van der Waals surface area contributed by atoms with Crippen molar-refractivity contribution in [3.05, 3.63) is 8.01 Å². The Hall–Kier alpha value is 0.290. The van der Waals surface area contributed by atoms with E-state index in [4.69, 9.17) is 12.2 Å². The first kappa shape index (κ1) is 6.97. The van der Waals surface area contributed by atoms with Gasteiger partial charge in [-0.25, -0.2) is 0 Å². The first-order valence-electron chi connectivity index (χ1n) is 2.57. The zero-order chi connectivity index (χ0) is 7.14. The lowest BCUT2D eigenvalue weighted by molar-refractivity contribution is 0.102. The predicted molar refractivity (Wildman–Crippen MR) is 48.1 cm³/mol. The molecule has 0 saturated carbocycles. The van der Waals surface area contributed by atoms with Crippen molar-refractivity contribution in [3.8, 4) is 0 Å². The van der Waals surface area contributed by atoms with Crippen LogP contribution in [0.15, 0.2) is 4.21 Å². The van der Waals surface area contributed by atoms with Crippen molar-refractivity contribution in [2.45, 2.75) is 4.21 Å². The molecule has 1 aliphatic rings. The van der Waals surface area contributed by atoms with Crippen LogP contribution < -0.4 is 0 Å². The van der Waals surface area contributed by atoms with Gasteiger partial charge in [0.25, 0.3) is 0 Å². The molecule has 0 bridgehead atoms. The molecule has 0 N–H and O–H groups in total. The first-order valence-corrected chi connectivity index (χ1v) is 5.60. The van der Waals surface area contributed by atoms with E-state index in [9.17, 15) is 4.79 Å². The quantitative estimate of drug-likeness (QED) is 0.608. The van der Waals surface area contributed by atoms with Crippen LogP contribution in [0.3, 0.4) is 0 Å². The van der Waals surface area contributed by atoms with Gasteiger partial charge in [0.05, 0.1) is 14.8 Å². The minimum atomic E-state index is 0.248. The number of carbonyl (C=O) groups is 1. The molecule has 0 aromatic carbocycles. The normalized spacial score (nSPS) is 15.8. The molecule has 1 aliphatic heterocycles. The van der Waals surface area contributed by atoms with Gasteiger partial charge in [-0.2, -0.15) is 0 Å². The number of ketones is 1. The van der Waals surface area contributed by atoms with E-state index in [0.29, 0.717) is 5.75 Å². The highest BCUT2D eigenvalue weighted by Gasteiger charge is 2.22. The summed E-state index contributed by atoms with van der Waals surface area (Å²) in [6.07, 6.45) is 0. The summed E-state index contributed by atoms with van der Waals surface area (Å²) in [5, 5.41) is 0. The maximum atomic E-state index is 11.0. The molecule has 5 heteroatoms. The van der Waals surface area contributed by atoms with E-state index in [2.05, 4.69) is 0 Å². The Labute approximate surface area is 75.1 Å². The number of rotatable bonds is 0. The molecule has 0 radical (unpaired) electrons. The average molecular weight is 206 g/mol. The van der Waals surface area contributed by atoms with Crippen molar-refractivity contribution in [1.29, 1.82) is 0 Å². The molecule has 0 saturated heterocycles. The third-order valence-corrected chi connectivity index (χ3v) is 5.23. The second-order valence-electron chi connectivity index (χ2n) is 1.78. The number of Topliss-reactive ketones (excluding diaryl/α,β-unsaturated/α-hetero) is 1. The van der Waals surface area contributed by atoms with E-state index in [0.717, 1.165) is 12.2 Å². The van der Waals surface area contributed by atoms with Crippen LogP contribution >= 0.6 is 46.7 Å². The molecule has 0 spiro atoms. The largest absolute Gasteiger partial charge is 0.292 e. The molecular weight excluding hydrogens is 204 g/mol. The van der Waals surface area contributed by atoms with Gasteiger partial charge in [-0.3, -0.25) is 4.79 Å². The molecule has 0 atom stereocenters. The molecule has 0 unspecified atom stereocenters. The zero-order valence-corrected chi connectivity index (χ0v) is 8.01. The van der Waals surface area contributed by atoms with E-state index >= 15 is 0 Å². The SMILES string of the molecule is O=C1CSc2sc(=S)sc21. The number of hydrogen-bond donors (Lipinski definition) is 0. The fourth-order valence-electron chi connectivity index (χ4n) is 0.730.